The van der Waals surface area contributed by atoms with Crippen LogP contribution in [0.4, 0.5) is 19.0 Å². The molecule has 0 saturated heterocycles. The summed E-state index contributed by atoms with van der Waals surface area (Å²) in [5.74, 6) is -0.187. The van der Waals surface area contributed by atoms with Crippen LogP contribution in [0.25, 0.3) is 0 Å². The Kier molecular flexibility index (Phi) is 4.46. The Bertz CT molecular complexity index is 594. The van der Waals surface area contributed by atoms with Crippen LogP contribution in [0.15, 0.2) is 18.3 Å². The van der Waals surface area contributed by atoms with Gasteiger partial charge in [-0.2, -0.15) is 13.2 Å². The number of alkyl halides is 3. The molecule has 1 N–H and O–H groups in total. The zero-order valence-corrected chi connectivity index (χ0v) is 12.3. The van der Waals surface area contributed by atoms with E-state index in [9.17, 15) is 21.6 Å². The Morgan fingerprint density at radius 2 is 1.86 bits per heavy atom. The predicted molar refractivity (Wildman–Crippen MR) is 73.7 cm³/mol. The second-order valence-electron chi connectivity index (χ2n) is 5.34. The van der Waals surface area contributed by atoms with Crippen LogP contribution in [0, 0.1) is 0 Å². The molecule has 1 saturated carbocycles. The Morgan fingerprint density at radius 1 is 1.24 bits per heavy atom. The molecule has 1 fully saturated rings. The molecule has 0 aromatic carbocycles. The molecule has 0 amide bonds. The lowest BCUT2D eigenvalue weighted by Crippen LogP contribution is -2.33. The van der Waals surface area contributed by atoms with Gasteiger partial charge in [0.2, 0.25) is 0 Å². The fourth-order valence-electron chi connectivity index (χ4n) is 2.58. The van der Waals surface area contributed by atoms with Crippen molar-refractivity contribution in [3.63, 3.8) is 0 Å². The number of hydrogen-bond donors (Lipinski definition) is 1. The third-order valence-corrected chi connectivity index (χ3v) is 5.42. The fourth-order valence-corrected chi connectivity index (χ4v) is 3.71. The van der Waals surface area contributed by atoms with Gasteiger partial charge in [0.05, 0.1) is 10.8 Å². The van der Waals surface area contributed by atoms with E-state index in [2.05, 4.69) is 10.3 Å². The molecule has 0 aliphatic heterocycles. The summed E-state index contributed by atoms with van der Waals surface area (Å²) in [5.41, 5.74) is -0.796. The molecule has 8 heteroatoms. The standard InChI is InChI=1S/C13H17F3N2O2S/c1-21(19,20)10-6-4-9(5-7-10)18-12-11(13(14,15)16)3-2-8-17-12/h2-3,8-10H,4-7H2,1H3,(H,17,18). The van der Waals surface area contributed by atoms with Crippen LogP contribution in [0.1, 0.15) is 31.2 Å². The molecule has 1 aliphatic rings. The van der Waals surface area contributed by atoms with Gasteiger partial charge < -0.3 is 5.32 Å². The highest BCUT2D eigenvalue weighted by Gasteiger charge is 2.35. The number of nitrogens with one attached hydrogen (secondary N) is 1. The van der Waals surface area contributed by atoms with E-state index in [4.69, 9.17) is 0 Å². The molecule has 118 valence electrons. The zero-order valence-electron chi connectivity index (χ0n) is 11.5. The summed E-state index contributed by atoms with van der Waals surface area (Å²) < 4.78 is 61.5. The minimum Gasteiger partial charge on any atom is -0.367 e. The molecule has 2 rings (SSSR count). The average Bonchev–Trinajstić information content (AvgIpc) is 2.37. The monoisotopic (exact) mass is 322 g/mol. The number of rotatable bonds is 3. The molecular weight excluding hydrogens is 305 g/mol. The second-order valence-corrected chi connectivity index (χ2v) is 7.67. The van der Waals surface area contributed by atoms with Crippen LogP contribution in [0.2, 0.25) is 0 Å². The topological polar surface area (TPSA) is 59.1 Å². The molecular formula is C13H17F3N2O2S. The highest BCUT2D eigenvalue weighted by Crippen LogP contribution is 2.35. The van der Waals surface area contributed by atoms with Gasteiger partial charge in [0.15, 0.2) is 0 Å². The van der Waals surface area contributed by atoms with Crippen molar-refractivity contribution >= 4 is 15.7 Å². The lowest BCUT2D eigenvalue weighted by Gasteiger charge is -2.29. The molecule has 1 aromatic rings. The van der Waals surface area contributed by atoms with E-state index >= 15 is 0 Å². The summed E-state index contributed by atoms with van der Waals surface area (Å²) >= 11 is 0. The lowest BCUT2D eigenvalue weighted by atomic mass is 9.95. The van der Waals surface area contributed by atoms with E-state index in [1.54, 1.807) is 0 Å². The van der Waals surface area contributed by atoms with Crippen LogP contribution in [0.3, 0.4) is 0 Å². The fraction of sp³-hybridized carbons (Fsp3) is 0.615. The maximum atomic E-state index is 12.9. The first-order chi connectivity index (χ1) is 9.68. The van der Waals surface area contributed by atoms with E-state index in [0.29, 0.717) is 25.7 Å². The lowest BCUT2D eigenvalue weighted by molar-refractivity contribution is -0.137. The quantitative estimate of drug-likeness (QED) is 0.929. The van der Waals surface area contributed by atoms with Gasteiger partial charge in [0.25, 0.3) is 0 Å². The van der Waals surface area contributed by atoms with Crippen molar-refractivity contribution in [3.05, 3.63) is 23.9 Å². The van der Waals surface area contributed by atoms with E-state index in [-0.39, 0.29) is 17.1 Å². The van der Waals surface area contributed by atoms with Gasteiger partial charge in [0.1, 0.15) is 15.7 Å². The predicted octanol–water partition coefficient (Wildman–Crippen LogP) is 2.87. The van der Waals surface area contributed by atoms with Crippen molar-refractivity contribution in [1.29, 1.82) is 0 Å². The molecule has 1 aromatic heterocycles. The molecule has 1 aliphatic carbocycles. The van der Waals surface area contributed by atoms with E-state index in [0.717, 1.165) is 6.07 Å². The van der Waals surface area contributed by atoms with Gasteiger partial charge >= 0.3 is 6.18 Å². The Labute approximate surface area is 121 Å². The zero-order chi connectivity index (χ0) is 15.7. The van der Waals surface area contributed by atoms with Crippen molar-refractivity contribution in [2.24, 2.45) is 0 Å². The summed E-state index contributed by atoms with van der Waals surface area (Å²) in [6, 6.07) is 2.05. The van der Waals surface area contributed by atoms with Crippen molar-refractivity contribution in [1.82, 2.24) is 4.98 Å². The maximum Gasteiger partial charge on any atom is 0.419 e. The van der Waals surface area contributed by atoms with Crippen LogP contribution in [-0.4, -0.2) is 30.9 Å². The summed E-state index contributed by atoms with van der Waals surface area (Å²) in [6.45, 7) is 0. The van der Waals surface area contributed by atoms with Crippen LogP contribution >= 0.6 is 0 Å². The highest BCUT2D eigenvalue weighted by atomic mass is 32.2. The summed E-state index contributed by atoms with van der Waals surface area (Å²) in [7, 11) is -3.08. The van der Waals surface area contributed by atoms with Crippen LogP contribution in [-0.2, 0) is 16.0 Å². The van der Waals surface area contributed by atoms with E-state index < -0.39 is 21.6 Å². The third-order valence-electron chi connectivity index (χ3n) is 3.73. The van der Waals surface area contributed by atoms with Crippen molar-refractivity contribution < 1.29 is 21.6 Å². The van der Waals surface area contributed by atoms with Gasteiger partial charge in [-0.3, -0.25) is 0 Å². The highest BCUT2D eigenvalue weighted by molar-refractivity contribution is 7.91. The normalized spacial score (nSPS) is 23.8. The van der Waals surface area contributed by atoms with E-state index in [1.807, 2.05) is 0 Å². The number of sulfone groups is 1. The number of nitrogens with zero attached hydrogens (tertiary/aromatic N) is 1. The Balaban J connectivity index is 2.05. The minimum atomic E-state index is -4.46. The molecule has 1 heterocycles. The first-order valence-electron chi connectivity index (χ1n) is 6.65. The summed E-state index contributed by atoms with van der Waals surface area (Å²) in [4.78, 5) is 3.76. The van der Waals surface area contributed by atoms with Gasteiger partial charge in [0, 0.05) is 18.5 Å². The minimum absolute atomic E-state index is 0.181. The molecule has 0 unspecified atom stereocenters. The largest absolute Gasteiger partial charge is 0.419 e. The van der Waals surface area contributed by atoms with Gasteiger partial charge in [-0.1, -0.05) is 0 Å². The average molecular weight is 322 g/mol. The molecule has 0 atom stereocenters. The summed E-state index contributed by atoms with van der Waals surface area (Å²) in [6.07, 6.45) is 0.0127. The number of aromatic nitrogens is 1. The van der Waals surface area contributed by atoms with Crippen molar-refractivity contribution in [3.8, 4) is 0 Å². The smallest absolute Gasteiger partial charge is 0.367 e. The summed E-state index contributed by atoms with van der Waals surface area (Å²) in [5, 5.41) is 2.41. The SMILES string of the molecule is CS(=O)(=O)C1CCC(Nc2ncccc2C(F)(F)F)CC1. The Hall–Kier alpha value is -1.31. The first-order valence-corrected chi connectivity index (χ1v) is 8.61. The number of hydrogen-bond acceptors (Lipinski definition) is 4. The molecule has 0 radical (unpaired) electrons. The Morgan fingerprint density at radius 3 is 2.38 bits per heavy atom. The van der Waals surface area contributed by atoms with Crippen molar-refractivity contribution in [2.45, 2.75) is 43.2 Å². The molecule has 0 bridgehead atoms. The molecule has 21 heavy (non-hydrogen) atoms. The van der Waals surface area contributed by atoms with Crippen molar-refractivity contribution in [2.75, 3.05) is 11.6 Å². The van der Waals surface area contributed by atoms with Gasteiger partial charge in [-0.15, -0.1) is 0 Å². The van der Waals surface area contributed by atoms with Gasteiger partial charge in [-0.05, 0) is 37.8 Å². The number of halogens is 3. The molecule has 4 nitrogen and oxygen atoms in total. The maximum absolute atomic E-state index is 12.9. The third kappa shape index (κ3) is 4.09. The number of anilines is 1. The molecule has 0 spiro atoms. The van der Waals surface area contributed by atoms with E-state index in [1.165, 1.54) is 18.5 Å². The number of pyridine rings is 1. The second kappa shape index (κ2) is 5.82. The first kappa shape index (κ1) is 16.1. The van der Waals surface area contributed by atoms with Gasteiger partial charge in [-0.25, -0.2) is 13.4 Å². The van der Waals surface area contributed by atoms with Crippen LogP contribution in [0.5, 0.6) is 0 Å². The van der Waals surface area contributed by atoms with Crippen LogP contribution < -0.4 is 5.32 Å².